The van der Waals surface area contributed by atoms with Crippen molar-refractivity contribution in [2.24, 2.45) is 0 Å². The van der Waals surface area contributed by atoms with Crippen LogP contribution in [0.4, 0.5) is 11.4 Å². The van der Waals surface area contributed by atoms with Crippen LogP contribution in [0.2, 0.25) is 0 Å². The molecule has 110 valence electrons. The van der Waals surface area contributed by atoms with Gasteiger partial charge in [0.25, 0.3) is 0 Å². The molecule has 2 rings (SSSR count). The van der Waals surface area contributed by atoms with E-state index in [9.17, 15) is 4.79 Å². The lowest BCUT2D eigenvalue weighted by Gasteiger charge is -2.26. The first kappa shape index (κ1) is 14.6. The molecule has 0 aliphatic carbocycles. The summed E-state index contributed by atoms with van der Waals surface area (Å²) in [6.45, 7) is 3.57. The Hall–Kier alpha value is -1.79. The lowest BCUT2D eigenvalue weighted by molar-refractivity contribution is -0.00619. The minimum Gasteiger partial charge on any atom is -0.478 e. The van der Waals surface area contributed by atoms with Gasteiger partial charge in [-0.3, -0.25) is 0 Å². The molecular formula is C14H20N2O4. The number of ether oxygens (including phenoxy) is 2. The molecule has 1 fully saturated rings. The number of carbonyl (C=O) groups is 1. The second-order valence-electron chi connectivity index (χ2n) is 5.10. The zero-order valence-corrected chi connectivity index (χ0v) is 11.7. The summed E-state index contributed by atoms with van der Waals surface area (Å²) in [5.41, 5.74) is 7.29. The van der Waals surface area contributed by atoms with Crippen molar-refractivity contribution in [1.82, 2.24) is 0 Å². The van der Waals surface area contributed by atoms with Gasteiger partial charge in [-0.05, 0) is 24.6 Å². The van der Waals surface area contributed by atoms with Crippen molar-refractivity contribution in [3.63, 3.8) is 0 Å². The van der Waals surface area contributed by atoms with Gasteiger partial charge >= 0.3 is 5.97 Å². The lowest BCUT2D eigenvalue weighted by atomic mass is 10.0. The SMILES string of the molecule is COC1(CNc2cc(C)c(N)c(C(=O)O)c2)CCOC1. The maximum atomic E-state index is 11.2. The van der Waals surface area contributed by atoms with E-state index in [1.54, 1.807) is 20.1 Å². The Morgan fingerprint density at radius 1 is 1.60 bits per heavy atom. The number of nitrogens with one attached hydrogen (secondary N) is 1. The largest absolute Gasteiger partial charge is 0.478 e. The average Bonchev–Trinajstić information content (AvgIpc) is 2.89. The highest BCUT2D eigenvalue weighted by Crippen LogP contribution is 2.26. The van der Waals surface area contributed by atoms with Crippen LogP contribution in [0.15, 0.2) is 12.1 Å². The summed E-state index contributed by atoms with van der Waals surface area (Å²) in [5, 5.41) is 12.4. The number of anilines is 2. The zero-order valence-electron chi connectivity index (χ0n) is 11.7. The fourth-order valence-electron chi connectivity index (χ4n) is 2.30. The molecule has 1 aliphatic rings. The highest BCUT2D eigenvalue weighted by atomic mass is 16.5. The monoisotopic (exact) mass is 280 g/mol. The number of aryl methyl sites for hydroxylation is 1. The van der Waals surface area contributed by atoms with Gasteiger partial charge in [0, 0.05) is 38.1 Å². The van der Waals surface area contributed by atoms with Crippen LogP contribution in [0, 0.1) is 6.92 Å². The number of hydrogen-bond acceptors (Lipinski definition) is 5. The van der Waals surface area contributed by atoms with Gasteiger partial charge in [-0.25, -0.2) is 4.79 Å². The van der Waals surface area contributed by atoms with Gasteiger partial charge in [-0.2, -0.15) is 0 Å². The molecule has 1 aliphatic heterocycles. The predicted octanol–water partition coefficient (Wildman–Crippen LogP) is 1.49. The first-order valence-electron chi connectivity index (χ1n) is 6.48. The first-order valence-corrected chi connectivity index (χ1v) is 6.48. The van der Waals surface area contributed by atoms with Gasteiger partial charge in [0.1, 0.15) is 5.60 Å². The molecule has 0 aromatic heterocycles. The third-order valence-corrected chi connectivity index (χ3v) is 3.73. The molecule has 1 atom stereocenters. The van der Waals surface area contributed by atoms with E-state index in [-0.39, 0.29) is 11.2 Å². The molecule has 20 heavy (non-hydrogen) atoms. The van der Waals surface area contributed by atoms with E-state index in [4.69, 9.17) is 20.3 Å². The van der Waals surface area contributed by atoms with Gasteiger partial charge in [-0.1, -0.05) is 0 Å². The van der Waals surface area contributed by atoms with E-state index in [0.717, 1.165) is 17.7 Å². The van der Waals surface area contributed by atoms with Gasteiger partial charge in [0.15, 0.2) is 0 Å². The van der Waals surface area contributed by atoms with Gasteiger partial charge < -0.3 is 25.6 Å². The molecule has 1 aromatic rings. The molecule has 1 heterocycles. The molecule has 1 aromatic carbocycles. The lowest BCUT2D eigenvalue weighted by Crippen LogP contribution is -2.39. The van der Waals surface area contributed by atoms with Crippen LogP contribution in [0.5, 0.6) is 0 Å². The van der Waals surface area contributed by atoms with E-state index in [1.807, 2.05) is 6.07 Å². The number of benzene rings is 1. The maximum absolute atomic E-state index is 11.2. The Morgan fingerprint density at radius 2 is 2.35 bits per heavy atom. The smallest absolute Gasteiger partial charge is 0.337 e. The molecular weight excluding hydrogens is 260 g/mol. The summed E-state index contributed by atoms with van der Waals surface area (Å²) < 4.78 is 10.9. The third-order valence-electron chi connectivity index (χ3n) is 3.73. The molecule has 1 unspecified atom stereocenters. The normalized spacial score (nSPS) is 21.9. The number of carboxylic acid groups (broad SMARTS) is 1. The molecule has 0 bridgehead atoms. The molecule has 6 nitrogen and oxygen atoms in total. The molecule has 4 N–H and O–H groups in total. The summed E-state index contributed by atoms with van der Waals surface area (Å²) in [7, 11) is 1.66. The van der Waals surface area contributed by atoms with Gasteiger partial charge in [-0.15, -0.1) is 0 Å². The summed E-state index contributed by atoms with van der Waals surface area (Å²) in [5.74, 6) is -1.03. The van der Waals surface area contributed by atoms with E-state index < -0.39 is 5.97 Å². The zero-order chi connectivity index (χ0) is 14.8. The molecule has 0 radical (unpaired) electrons. The van der Waals surface area contributed by atoms with Crippen molar-refractivity contribution in [2.45, 2.75) is 18.9 Å². The van der Waals surface area contributed by atoms with Crippen molar-refractivity contribution in [2.75, 3.05) is 37.9 Å². The molecule has 1 saturated heterocycles. The fraction of sp³-hybridized carbons (Fsp3) is 0.500. The third kappa shape index (κ3) is 2.86. The Morgan fingerprint density at radius 3 is 2.90 bits per heavy atom. The van der Waals surface area contributed by atoms with Crippen LogP contribution in [-0.2, 0) is 9.47 Å². The van der Waals surface area contributed by atoms with Crippen molar-refractivity contribution in [3.05, 3.63) is 23.3 Å². The molecule has 0 amide bonds. The Kier molecular flexibility index (Phi) is 4.15. The number of methoxy groups -OCH3 is 1. The van der Waals surface area contributed by atoms with Crippen molar-refractivity contribution in [3.8, 4) is 0 Å². The van der Waals surface area contributed by atoms with E-state index in [2.05, 4.69) is 5.32 Å². The summed E-state index contributed by atoms with van der Waals surface area (Å²) >= 11 is 0. The first-order chi connectivity index (χ1) is 9.47. The highest BCUT2D eigenvalue weighted by molar-refractivity contribution is 5.95. The fourth-order valence-corrected chi connectivity index (χ4v) is 2.30. The molecule has 6 heteroatoms. The van der Waals surface area contributed by atoms with Crippen LogP contribution in [0.3, 0.4) is 0 Å². The van der Waals surface area contributed by atoms with Crippen LogP contribution in [-0.4, -0.2) is 43.5 Å². The number of nitrogen functional groups attached to an aromatic ring is 1. The Labute approximate surface area is 117 Å². The number of rotatable bonds is 5. The van der Waals surface area contributed by atoms with Crippen molar-refractivity contribution >= 4 is 17.3 Å². The maximum Gasteiger partial charge on any atom is 0.337 e. The van der Waals surface area contributed by atoms with E-state index in [1.165, 1.54) is 0 Å². The van der Waals surface area contributed by atoms with E-state index >= 15 is 0 Å². The molecule has 0 saturated carbocycles. The van der Waals surface area contributed by atoms with Crippen LogP contribution in [0.25, 0.3) is 0 Å². The minimum atomic E-state index is -1.03. The van der Waals surface area contributed by atoms with Crippen LogP contribution >= 0.6 is 0 Å². The highest BCUT2D eigenvalue weighted by Gasteiger charge is 2.34. The summed E-state index contributed by atoms with van der Waals surface area (Å²) in [6.07, 6.45) is 0.816. The average molecular weight is 280 g/mol. The van der Waals surface area contributed by atoms with Gasteiger partial charge in [0.05, 0.1) is 12.2 Å². The van der Waals surface area contributed by atoms with Crippen molar-refractivity contribution < 1.29 is 19.4 Å². The Bertz CT molecular complexity index is 510. The number of hydrogen-bond donors (Lipinski definition) is 3. The van der Waals surface area contributed by atoms with Crippen LogP contribution in [0.1, 0.15) is 22.3 Å². The minimum absolute atomic E-state index is 0.113. The van der Waals surface area contributed by atoms with Crippen molar-refractivity contribution in [1.29, 1.82) is 0 Å². The summed E-state index contributed by atoms with van der Waals surface area (Å²) in [4.78, 5) is 11.2. The number of aromatic carboxylic acids is 1. The second kappa shape index (κ2) is 5.68. The number of nitrogens with two attached hydrogens (primary N) is 1. The second-order valence-corrected chi connectivity index (χ2v) is 5.10. The molecule has 0 spiro atoms. The van der Waals surface area contributed by atoms with Gasteiger partial charge in [0.2, 0.25) is 0 Å². The Balaban J connectivity index is 2.15. The van der Waals surface area contributed by atoms with Crippen LogP contribution < -0.4 is 11.1 Å². The standard InChI is InChI=1S/C14H20N2O4/c1-9-5-10(6-11(12(9)15)13(17)18)16-7-14(19-2)3-4-20-8-14/h5-6,16H,3-4,7-8,15H2,1-2H3,(H,17,18). The topological polar surface area (TPSA) is 93.8 Å². The number of carboxylic acids is 1. The summed E-state index contributed by atoms with van der Waals surface area (Å²) in [6, 6.07) is 3.38. The van der Waals surface area contributed by atoms with E-state index in [0.29, 0.717) is 25.4 Å². The quantitative estimate of drug-likeness (QED) is 0.708. The predicted molar refractivity (Wildman–Crippen MR) is 76.2 cm³/mol.